The summed E-state index contributed by atoms with van der Waals surface area (Å²) in [7, 11) is 4.49. The third-order valence-electron chi connectivity index (χ3n) is 4.35. The highest BCUT2D eigenvalue weighted by Gasteiger charge is 2.20. The van der Waals surface area contributed by atoms with Crippen LogP contribution in [0, 0.1) is 0 Å². The molecule has 0 aromatic heterocycles. The molecule has 0 saturated carbocycles. The van der Waals surface area contributed by atoms with Crippen LogP contribution in [-0.2, 0) is 4.74 Å². The average Bonchev–Trinajstić information content (AvgIpc) is 3.11. The van der Waals surface area contributed by atoms with Gasteiger partial charge in [0.2, 0.25) is 6.79 Å². The maximum absolute atomic E-state index is 12.3. The highest BCUT2D eigenvalue weighted by Crippen LogP contribution is 2.42. The van der Waals surface area contributed by atoms with Crippen LogP contribution in [0.1, 0.15) is 10.4 Å². The van der Waals surface area contributed by atoms with E-state index >= 15 is 0 Å². The van der Waals surface area contributed by atoms with Gasteiger partial charge in [-0.2, -0.15) is 0 Å². The molecule has 4 rings (SSSR count). The largest absolute Gasteiger partial charge is 0.493 e. The zero-order chi connectivity index (χ0) is 17.6. The van der Waals surface area contributed by atoms with Gasteiger partial charge in [-0.05, 0) is 46.5 Å². The first-order valence-corrected chi connectivity index (χ1v) is 7.66. The summed E-state index contributed by atoms with van der Waals surface area (Å²) in [6.45, 7) is 0.185. The molecule has 1 aliphatic rings. The van der Waals surface area contributed by atoms with Gasteiger partial charge < -0.3 is 23.7 Å². The van der Waals surface area contributed by atoms with Gasteiger partial charge in [0.25, 0.3) is 0 Å². The Labute approximate surface area is 143 Å². The van der Waals surface area contributed by atoms with Gasteiger partial charge >= 0.3 is 5.97 Å². The Morgan fingerprint density at radius 3 is 2.12 bits per heavy atom. The van der Waals surface area contributed by atoms with Crippen LogP contribution in [-0.4, -0.2) is 34.1 Å². The lowest BCUT2D eigenvalue weighted by molar-refractivity contribution is 0.0603. The van der Waals surface area contributed by atoms with E-state index < -0.39 is 5.97 Å². The minimum Gasteiger partial charge on any atom is -0.493 e. The molecule has 6 nitrogen and oxygen atoms in total. The summed E-state index contributed by atoms with van der Waals surface area (Å²) in [5, 5.41) is 3.34. The van der Waals surface area contributed by atoms with Crippen molar-refractivity contribution in [2.24, 2.45) is 0 Å². The van der Waals surface area contributed by atoms with Crippen molar-refractivity contribution in [1.82, 2.24) is 0 Å². The van der Waals surface area contributed by atoms with Gasteiger partial charge in [0.05, 0.1) is 26.9 Å². The Hall–Kier alpha value is -3.15. The summed E-state index contributed by atoms with van der Waals surface area (Å²) in [5.41, 5.74) is 0.449. The molecule has 0 spiro atoms. The molecular weight excluding hydrogens is 324 g/mol. The van der Waals surface area contributed by atoms with Crippen molar-refractivity contribution in [1.29, 1.82) is 0 Å². The van der Waals surface area contributed by atoms with E-state index in [0.29, 0.717) is 28.6 Å². The monoisotopic (exact) mass is 340 g/mol. The van der Waals surface area contributed by atoms with Crippen molar-refractivity contribution in [3.63, 3.8) is 0 Å². The molecule has 0 unspecified atom stereocenters. The molecule has 1 aliphatic heterocycles. The van der Waals surface area contributed by atoms with Crippen molar-refractivity contribution < 1.29 is 28.5 Å². The lowest BCUT2D eigenvalue weighted by Crippen LogP contribution is -2.03. The third-order valence-corrected chi connectivity index (χ3v) is 4.35. The number of rotatable bonds is 3. The molecule has 6 heteroatoms. The molecule has 0 aliphatic carbocycles. The highest BCUT2D eigenvalue weighted by atomic mass is 16.7. The van der Waals surface area contributed by atoms with E-state index in [2.05, 4.69) is 0 Å². The van der Waals surface area contributed by atoms with Crippen LogP contribution >= 0.6 is 0 Å². The van der Waals surface area contributed by atoms with E-state index in [4.69, 9.17) is 23.7 Å². The predicted octanol–water partition coefficient (Wildman–Crippen LogP) is 3.53. The SMILES string of the molecule is COC(=O)c1cc2cc3c(cc2c2cc(OC)c(OC)cc12)OCO3. The Morgan fingerprint density at radius 2 is 1.48 bits per heavy atom. The Bertz CT molecular complexity index is 1010. The molecule has 0 amide bonds. The van der Waals surface area contributed by atoms with Gasteiger partial charge in [-0.3, -0.25) is 0 Å². The number of hydrogen-bond donors (Lipinski definition) is 0. The first-order valence-electron chi connectivity index (χ1n) is 7.66. The number of carbonyl (C=O) groups is 1. The summed E-state index contributed by atoms with van der Waals surface area (Å²) in [5.74, 6) is 2.03. The number of ether oxygens (including phenoxy) is 5. The lowest BCUT2D eigenvalue weighted by Gasteiger charge is -2.14. The second-order valence-corrected chi connectivity index (χ2v) is 5.60. The molecule has 3 aromatic rings. The van der Waals surface area contributed by atoms with Crippen molar-refractivity contribution in [2.75, 3.05) is 28.1 Å². The first-order chi connectivity index (χ1) is 12.2. The molecule has 0 radical (unpaired) electrons. The first kappa shape index (κ1) is 15.4. The predicted molar refractivity (Wildman–Crippen MR) is 92.0 cm³/mol. The molecule has 0 atom stereocenters. The van der Waals surface area contributed by atoms with Crippen LogP contribution in [0.2, 0.25) is 0 Å². The zero-order valence-corrected chi connectivity index (χ0v) is 14.0. The van der Waals surface area contributed by atoms with Gasteiger partial charge in [0.15, 0.2) is 23.0 Å². The standard InChI is InChI=1S/C19H16O6/c1-21-15-7-12-11-6-18-17(24-9-25-18)5-10(11)4-14(19(20)23-3)13(12)8-16(15)22-2/h4-8H,9H2,1-3H3. The summed E-state index contributed by atoms with van der Waals surface area (Å²) >= 11 is 0. The molecule has 0 N–H and O–H groups in total. The molecule has 1 heterocycles. The van der Waals surface area contributed by atoms with Gasteiger partial charge in [0, 0.05) is 5.39 Å². The minimum atomic E-state index is -0.420. The second-order valence-electron chi connectivity index (χ2n) is 5.60. The minimum absolute atomic E-state index is 0.185. The van der Waals surface area contributed by atoms with Crippen LogP contribution in [0.15, 0.2) is 30.3 Å². The van der Waals surface area contributed by atoms with Crippen LogP contribution < -0.4 is 18.9 Å². The molecule has 0 bridgehead atoms. The number of carbonyl (C=O) groups excluding carboxylic acids is 1. The third kappa shape index (κ3) is 2.29. The van der Waals surface area contributed by atoms with Crippen molar-refractivity contribution in [2.45, 2.75) is 0 Å². The van der Waals surface area contributed by atoms with Gasteiger partial charge in [-0.15, -0.1) is 0 Å². The average molecular weight is 340 g/mol. The van der Waals surface area contributed by atoms with Gasteiger partial charge in [0.1, 0.15) is 0 Å². The lowest BCUT2D eigenvalue weighted by atomic mass is 9.96. The normalized spacial score (nSPS) is 12.4. The van der Waals surface area contributed by atoms with E-state index in [1.807, 2.05) is 18.2 Å². The van der Waals surface area contributed by atoms with Crippen LogP contribution in [0.5, 0.6) is 23.0 Å². The summed E-state index contributed by atoms with van der Waals surface area (Å²) in [4.78, 5) is 12.3. The quantitative estimate of drug-likeness (QED) is 0.537. The molecule has 128 valence electrons. The van der Waals surface area contributed by atoms with Crippen LogP contribution in [0.3, 0.4) is 0 Å². The molecule has 3 aromatic carbocycles. The Kier molecular flexibility index (Phi) is 3.53. The number of hydrogen-bond acceptors (Lipinski definition) is 6. The smallest absolute Gasteiger partial charge is 0.338 e. The van der Waals surface area contributed by atoms with E-state index in [9.17, 15) is 4.79 Å². The van der Waals surface area contributed by atoms with Crippen molar-refractivity contribution in [3.05, 3.63) is 35.9 Å². The number of esters is 1. The fraction of sp³-hybridized carbons (Fsp3) is 0.211. The molecule has 25 heavy (non-hydrogen) atoms. The number of methoxy groups -OCH3 is 3. The fourth-order valence-corrected chi connectivity index (χ4v) is 3.15. The van der Waals surface area contributed by atoms with E-state index in [-0.39, 0.29) is 6.79 Å². The number of fused-ring (bicyclic) bond motifs is 4. The Morgan fingerprint density at radius 1 is 0.840 bits per heavy atom. The summed E-state index contributed by atoms with van der Waals surface area (Å²) in [6.07, 6.45) is 0. The molecule has 0 saturated heterocycles. The van der Waals surface area contributed by atoms with E-state index in [1.165, 1.54) is 7.11 Å². The van der Waals surface area contributed by atoms with Crippen LogP contribution in [0.4, 0.5) is 0 Å². The zero-order valence-electron chi connectivity index (χ0n) is 14.0. The second kappa shape index (κ2) is 5.73. The van der Waals surface area contributed by atoms with E-state index in [0.717, 1.165) is 21.5 Å². The summed E-state index contributed by atoms with van der Waals surface area (Å²) < 4.78 is 26.7. The topological polar surface area (TPSA) is 63.2 Å². The number of benzene rings is 3. The fourth-order valence-electron chi connectivity index (χ4n) is 3.15. The maximum atomic E-state index is 12.3. The summed E-state index contributed by atoms with van der Waals surface area (Å²) in [6, 6.07) is 9.19. The van der Waals surface area contributed by atoms with Gasteiger partial charge in [-0.1, -0.05) is 0 Å². The van der Waals surface area contributed by atoms with Crippen molar-refractivity contribution >= 4 is 27.5 Å². The van der Waals surface area contributed by atoms with Crippen LogP contribution in [0.25, 0.3) is 21.5 Å². The maximum Gasteiger partial charge on any atom is 0.338 e. The Balaban J connectivity index is 2.15. The van der Waals surface area contributed by atoms with E-state index in [1.54, 1.807) is 26.4 Å². The van der Waals surface area contributed by atoms with Crippen molar-refractivity contribution in [3.8, 4) is 23.0 Å². The van der Waals surface area contributed by atoms with Gasteiger partial charge in [-0.25, -0.2) is 4.79 Å². The highest BCUT2D eigenvalue weighted by molar-refractivity contribution is 6.17. The molecule has 0 fully saturated rings. The molecular formula is C19H16O6.